The predicted molar refractivity (Wildman–Crippen MR) is 251 cm³/mol. The third-order valence-corrected chi connectivity index (χ3v) is 11.7. The molecule has 0 spiro atoms. The molecule has 0 amide bonds. The summed E-state index contributed by atoms with van der Waals surface area (Å²) in [5, 5.41) is 2.40. The summed E-state index contributed by atoms with van der Waals surface area (Å²) in [6, 6.07) is 84.7. The lowest BCUT2D eigenvalue weighted by Gasteiger charge is -2.26. The standard InChI is InChI=1S/C58H39NO/c1-4-13-40(14-5-1)42-23-30-49(31-24-42)59(50-32-25-43(26-33-50)41-15-6-2-7-16-41)51-34-27-44(28-35-51)48-29-36-56-54(38-48)53-37-46-19-10-11-20-47(46)39-55(53)58-52(21-12-22-57(58)60-56)45-17-8-3-9-18-45/h1-39H. The Morgan fingerprint density at radius 1 is 0.250 bits per heavy atom. The Kier molecular flexibility index (Phi) is 8.87. The number of hydrogen-bond acceptors (Lipinski definition) is 2. The number of benzene rings is 10. The normalized spacial score (nSPS) is 11.5. The highest BCUT2D eigenvalue weighted by Gasteiger charge is 2.25. The number of anilines is 3. The van der Waals surface area contributed by atoms with Gasteiger partial charge in [-0.15, -0.1) is 0 Å². The topological polar surface area (TPSA) is 12.5 Å². The van der Waals surface area contributed by atoms with Crippen molar-refractivity contribution in [2.24, 2.45) is 0 Å². The van der Waals surface area contributed by atoms with Gasteiger partial charge in [-0.05, 0) is 133 Å². The van der Waals surface area contributed by atoms with Gasteiger partial charge in [-0.2, -0.15) is 0 Å². The van der Waals surface area contributed by atoms with Crippen molar-refractivity contribution >= 4 is 27.8 Å². The molecule has 0 bridgehead atoms. The van der Waals surface area contributed by atoms with Crippen LogP contribution in [-0.4, -0.2) is 0 Å². The van der Waals surface area contributed by atoms with E-state index in [0.29, 0.717) is 0 Å². The number of nitrogens with zero attached hydrogens (tertiary/aromatic N) is 1. The molecule has 10 aromatic carbocycles. The summed E-state index contributed by atoms with van der Waals surface area (Å²) in [7, 11) is 0. The van der Waals surface area contributed by atoms with Gasteiger partial charge in [0, 0.05) is 28.2 Å². The molecule has 11 rings (SSSR count). The molecule has 0 radical (unpaired) electrons. The molecule has 0 aliphatic carbocycles. The van der Waals surface area contributed by atoms with Crippen LogP contribution < -0.4 is 9.64 Å². The molecule has 0 atom stereocenters. The summed E-state index contributed by atoms with van der Waals surface area (Å²) in [6.07, 6.45) is 0. The predicted octanol–water partition coefficient (Wildman–Crippen LogP) is 16.4. The summed E-state index contributed by atoms with van der Waals surface area (Å²) >= 11 is 0. The molecule has 0 unspecified atom stereocenters. The van der Waals surface area contributed by atoms with Crippen molar-refractivity contribution < 1.29 is 4.74 Å². The zero-order valence-corrected chi connectivity index (χ0v) is 32.9. The van der Waals surface area contributed by atoms with Crippen molar-refractivity contribution in [3.05, 3.63) is 237 Å². The SMILES string of the molecule is c1ccc(-c2ccc(N(c3ccc(-c4ccccc4)cc3)c3ccc(-c4ccc5c(c4)-c4cc6ccccc6cc4-c4c(cccc4-c4ccccc4)O5)cc3)cc2)cc1. The van der Waals surface area contributed by atoms with E-state index in [1.807, 2.05) is 0 Å². The van der Waals surface area contributed by atoms with E-state index in [1.54, 1.807) is 0 Å². The molecule has 1 aliphatic rings. The van der Waals surface area contributed by atoms with Crippen molar-refractivity contribution in [2.45, 2.75) is 0 Å². The molecule has 282 valence electrons. The summed E-state index contributed by atoms with van der Waals surface area (Å²) in [5.74, 6) is 1.71. The summed E-state index contributed by atoms with van der Waals surface area (Å²) in [6.45, 7) is 0. The Bertz CT molecular complexity index is 3040. The maximum Gasteiger partial charge on any atom is 0.135 e. The van der Waals surface area contributed by atoms with Crippen LogP contribution in [-0.2, 0) is 0 Å². The molecule has 2 nitrogen and oxygen atoms in total. The zero-order chi connectivity index (χ0) is 39.8. The van der Waals surface area contributed by atoms with Crippen LogP contribution in [0.2, 0.25) is 0 Å². The second-order valence-electron chi connectivity index (χ2n) is 15.3. The van der Waals surface area contributed by atoms with Crippen molar-refractivity contribution in [3.63, 3.8) is 0 Å². The highest BCUT2D eigenvalue weighted by atomic mass is 16.5. The van der Waals surface area contributed by atoms with E-state index in [9.17, 15) is 0 Å². The van der Waals surface area contributed by atoms with Crippen molar-refractivity contribution in [2.75, 3.05) is 4.90 Å². The smallest absolute Gasteiger partial charge is 0.135 e. The molecule has 1 aliphatic heterocycles. The Labute approximate surface area is 350 Å². The highest BCUT2D eigenvalue weighted by Crippen LogP contribution is 2.52. The Hall–Kier alpha value is -7.94. The van der Waals surface area contributed by atoms with E-state index in [4.69, 9.17) is 4.74 Å². The zero-order valence-electron chi connectivity index (χ0n) is 32.9. The van der Waals surface area contributed by atoms with Crippen LogP contribution in [0.3, 0.4) is 0 Å². The van der Waals surface area contributed by atoms with Gasteiger partial charge < -0.3 is 9.64 Å². The third kappa shape index (κ3) is 6.51. The van der Waals surface area contributed by atoms with E-state index >= 15 is 0 Å². The van der Waals surface area contributed by atoms with Gasteiger partial charge in [0.15, 0.2) is 0 Å². The molecule has 0 fully saturated rings. The molecular formula is C58H39NO. The van der Waals surface area contributed by atoms with Gasteiger partial charge in [0.2, 0.25) is 0 Å². The molecule has 0 saturated carbocycles. The van der Waals surface area contributed by atoms with E-state index in [2.05, 4.69) is 241 Å². The molecule has 1 heterocycles. The van der Waals surface area contributed by atoms with Crippen molar-refractivity contribution in [1.82, 2.24) is 0 Å². The molecule has 0 saturated heterocycles. The Balaban J connectivity index is 0.996. The van der Waals surface area contributed by atoms with Crippen LogP contribution in [0.25, 0.3) is 77.5 Å². The fourth-order valence-electron chi connectivity index (χ4n) is 8.67. The second-order valence-corrected chi connectivity index (χ2v) is 15.3. The van der Waals surface area contributed by atoms with E-state index in [-0.39, 0.29) is 0 Å². The Morgan fingerprint density at radius 2 is 0.683 bits per heavy atom. The van der Waals surface area contributed by atoms with Crippen LogP contribution >= 0.6 is 0 Å². The number of fused-ring (bicyclic) bond motifs is 6. The van der Waals surface area contributed by atoms with Gasteiger partial charge in [-0.3, -0.25) is 0 Å². The number of ether oxygens (including phenoxy) is 1. The van der Waals surface area contributed by atoms with Gasteiger partial charge in [0.1, 0.15) is 11.5 Å². The summed E-state index contributed by atoms with van der Waals surface area (Å²) in [5.41, 5.74) is 17.1. The maximum atomic E-state index is 6.88. The third-order valence-electron chi connectivity index (χ3n) is 11.7. The number of rotatable bonds is 7. The molecule has 60 heavy (non-hydrogen) atoms. The van der Waals surface area contributed by atoms with Gasteiger partial charge >= 0.3 is 0 Å². The van der Waals surface area contributed by atoms with Gasteiger partial charge in [-0.25, -0.2) is 0 Å². The largest absolute Gasteiger partial charge is 0.456 e. The monoisotopic (exact) mass is 765 g/mol. The van der Waals surface area contributed by atoms with E-state index in [1.165, 1.54) is 38.6 Å². The molecule has 2 heteroatoms. The number of hydrogen-bond donors (Lipinski definition) is 0. The second kappa shape index (κ2) is 15.1. The summed E-state index contributed by atoms with van der Waals surface area (Å²) < 4.78 is 6.88. The van der Waals surface area contributed by atoms with Crippen LogP contribution in [0, 0.1) is 0 Å². The van der Waals surface area contributed by atoms with Crippen LogP contribution in [0.15, 0.2) is 237 Å². The van der Waals surface area contributed by atoms with Gasteiger partial charge in [0.05, 0.1) is 0 Å². The van der Waals surface area contributed by atoms with Gasteiger partial charge in [0.25, 0.3) is 0 Å². The molecule has 0 N–H and O–H groups in total. The minimum atomic E-state index is 0.847. The van der Waals surface area contributed by atoms with Gasteiger partial charge in [-0.1, -0.05) is 170 Å². The first-order chi connectivity index (χ1) is 29.7. The van der Waals surface area contributed by atoms with E-state index in [0.717, 1.165) is 67.5 Å². The van der Waals surface area contributed by atoms with Crippen molar-refractivity contribution in [1.29, 1.82) is 0 Å². The first-order valence-electron chi connectivity index (χ1n) is 20.5. The first-order valence-corrected chi connectivity index (χ1v) is 20.5. The average Bonchev–Trinajstić information content (AvgIpc) is 3.46. The van der Waals surface area contributed by atoms with Crippen LogP contribution in [0.1, 0.15) is 0 Å². The molecular weight excluding hydrogens is 727 g/mol. The minimum absolute atomic E-state index is 0.847. The lowest BCUT2D eigenvalue weighted by molar-refractivity contribution is 0.488. The van der Waals surface area contributed by atoms with Crippen LogP contribution in [0.5, 0.6) is 11.5 Å². The maximum absolute atomic E-state index is 6.88. The van der Waals surface area contributed by atoms with Crippen LogP contribution in [0.4, 0.5) is 17.1 Å². The summed E-state index contributed by atoms with van der Waals surface area (Å²) in [4.78, 5) is 2.33. The quantitative estimate of drug-likeness (QED) is 0.160. The fraction of sp³-hybridized carbons (Fsp3) is 0. The van der Waals surface area contributed by atoms with E-state index < -0.39 is 0 Å². The molecule has 10 aromatic rings. The lowest BCUT2D eigenvalue weighted by atomic mass is 9.87. The minimum Gasteiger partial charge on any atom is -0.456 e. The lowest BCUT2D eigenvalue weighted by Crippen LogP contribution is -2.09. The fourth-order valence-corrected chi connectivity index (χ4v) is 8.67. The molecule has 0 aromatic heterocycles. The average molecular weight is 766 g/mol. The highest BCUT2D eigenvalue weighted by molar-refractivity contribution is 6.03. The first kappa shape index (κ1) is 35.2. The Morgan fingerprint density at radius 3 is 1.22 bits per heavy atom. The van der Waals surface area contributed by atoms with Crippen molar-refractivity contribution in [3.8, 4) is 78.3 Å².